The van der Waals surface area contributed by atoms with E-state index in [1.807, 2.05) is 12.1 Å². The van der Waals surface area contributed by atoms with Gasteiger partial charge >= 0.3 is 5.97 Å². The molecule has 1 aliphatic rings. The average molecular weight is 292 g/mol. The van der Waals surface area contributed by atoms with Crippen LogP contribution >= 0.6 is 0 Å². The van der Waals surface area contributed by atoms with Crippen molar-refractivity contribution in [2.45, 2.75) is 30.8 Å². The molecule has 1 aromatic rings. The van der Waals surface area contributed by atoms with Gasteiger partial charge < -0.3 is 20.9 Å². The number of anilines is 1. The molecule has 0 heterocycles. The second-order valence-corrected chi connectivity index (χ2v) is 5.37. The van der Waals surface area contributed by atoms with Crippen molar-refractivity contribution in [3.8, 4) is 0 Å². The van der Waals surface area contributed by atoms with E-state index in [9.17, 15) is 9.59 Å². The van der Waals surface area contributed by atoms with Crippen LogP contribution in [0.25, 0.3) is 0 Å². The Morgan fingerprint density at radius 1 is 1.38 bits per heavy atom. The zero-order chi connectivity index (χ0) is 15.5. The molecule has 21 heavy (non-hydrogen) atoms. The van der Waals surface area contributed by atoms with E-state index in [-0.39, 0.29) is 18.9 Å². The van der Waals surface area contributed by atoms with Crippen molar-refractivity contribution in [1.82, 2.24) is 5.32 Å². The Morgan fingerprint density at radius 3 is 2.48 bits per heavy atom. The van der Waals surface area contributed by atoms with Crippen molar-refractivity contribution in [2.24, 2.45) is 0 Å². The predicted molar refractivity (Wildman–Crippen MR) is 77.8 cm³/mol. The van der Waals surface area contributed by atoms with E-state index in [1.54, 1.807) is 12.1 Å². The molecule has 1 fully saturated rings. The highest BCUT2D eigenvalue weighted by atomic mass is 16.5. The number of aliphatic carboxylic acids is 1. The van der Waals surface area contributed by atoms with Crippen molar-refractivity contribution in [2.75, 3.05) is 19.4 Å². The van der Waals surface area contributed by atoms with E-state index < -0.39 is 17.5 Å². The zero-order valence-corrected chi connectivity index (χ0v) is 12.0. The highest BCUT2D eigenvalue weighted by Gasteiger charge is 2.51. The molecule has 0 bridgehead atoms. The molecule has 0 spiro atoms. The van der Waals surface area contributed by atoms with Crippen LogP contribution in [0.3, 0.4) is 0 Å². The highest BCUT2D eigenvalue weighted by Crippen LogP contribution is 2.48. The normalized spacial score (nSPS) is 17.0. The molecule has 0 aromatic heterocycles. The third-order valence-corrected chi connectivity index (χ3v) is 3.87. The Hall–Kier alpha value is -2.08. The van der Waals surface area contributed by atoms with Gasteiger partial charge in [0.15, 0.2) is 0 Å². The number of carbonyl (C=O) groups excluding carboxylic acids is 1. The lowest BCUT2D eigenvalue weighted by atomic mass is 9.94. The second kappa shape index (κ2) is 6.13. The summed E-state index contributed by atoms with van der Waals surface area (Å²) >= 11 is 0. The average Bonchev–Trinajstić information content (AvgIpc) is 3.25. The number of hydrogen-bond donors (Lipinski definition) is 3. The van der Waals surface area contributed by atoms with Gasteiger partial charge in [-0.1, -0.05) is 12.1 Å². The monoisotopic (exact) mass is 292 g/mol. The maximum Gasteiger partial charge on any atom is 0.306 e. The Morgan fingerprint density at radius 2 is 2.00 bits per heavy atom. The van der Waals surface area contributed by atoms with E-state index in [0.29, 0.717) is 5.69 Å². The third-order valence-electron chi connectivity index (χ3n) is 3.87. The molecule has 1 amide bonds. The number of rotatable bonds is 7. The number of carboxylic acids is 1. The van der Waals surface area contributed by atoms with E-state index in [0.717, 1.165) is 18.4 Å². The van der Waals surface area contributed by atoms with Gasteiger partial charge in [0.05, 0.1) is 17.9 Å². The smallest absolute Gasteiger partial charge is 0.306 e. The SMILES string of the molecule is COC(CNC(=O)C1(c2ccc(N)cc2)CC1)CC(=O)O. The molecule has 6 nitrogen and oxygen atoms in total. The van der Waals surface area contributed by atoms with Gasteiger partial charge in [0.1, 0.15) is 0 Å². The molecule has 0 radical (unpaired) electrons. The number of hydrogen-bond acceptors (Lipinski definition) is 4. The van der Waals surface area contributed by atoms with Gasteiger partial charge in [0.2, 0.25) is 5.91 Å². The zero-order valence-electron chi connectivity index (χ0n) is 12.0. The Labute approximate surface area is 123 Å². The van der Waals surface area contributed by atoms with Gasteiger partial charge in [-0.3, -0.25) is 9.59 Å². The summed E-state index contributed by atoms with van der Waals surface area (Å²) in [4.78, 5) is 23.0. The number of amides is 1. The van der Waals surface area contributed by atoms with Crippen LogP contribution in [0.15, 0.2) is 24.3 Å². The lowest BCUT2D eigenvalue weighted by Gasteiger charge is -2.19. The number of nitrogens with two attached hydrogens (primary N) is 1. The van der Waals surface area contributed by atoms with Gasteiger partial charge in [-0.2, -0.15) is 0 Å². The summed E-state index contributed by atoms with van der Waals surface area (Å²) in [7, 11) is 1.44. The molecule has 114 valence electrons. The maximum atomic E-state index is 12.4. The molecular weight excluding hydrogens is 272 g/mol. The fraction of sp³-hybridized carbons (Fsp3) is 0.467. The van der Waals surface area contributed by atoms with Crippen LogP contribution in [0, 0.1) is 0 Å². The van der Waals surface area contributed by atoms with E-state index in [2.05, 4.69) is 5.32 Å². The molecule has 2 rings (SSSR count). The molecule has 0 aliphatic heterocycles. The first-order valence-corrected chi connectivity index (χ1v) is 6.87. The van der Waals surface area contributed by atoms with Crippen LogP contribution < -0.4 is 11.1 Å². The molecule has 4 N–H and O–H groups in total. The van der Waals surface area contributed by atoms with Crippen LogP contribution in [0.1, 0.15) is 24.8 Å². The second-order valence-electron chi connectivity index (χ2n) is 5.37. The van der Waals surface area contributed by atoms with Crippen LogP contribution in [-0.2, 0) is 19.7 Å². The molecule has 1 unspecified atom stereocenters. The molecular formula is C15H20N2O4. The number of ether oxygens (including phenoxy) is 1. The molecule has 1 atom stereocenters. The minimum atomic E-state index is -0.948. The molecule has 1 saturated carbocycles. The van der Waals surface area contributed by atoms with Gasteiger partial charge in [-0.25, -0.2) is 0 Å². The molecule has 1 aromatic carbocycles. The van der Waals surface area contributed by atoms with Crippen LogP contribution in [0.5, 0.6) is 0 Å². The van der Waals surface area contributed by atoms with Crippen LogP contribution in [0.4, 0.5) is 5.69 Å². The van der Waals surface area contributed by atoms with E-state index in [1.165, 1.54) is 7.11 Å². The first-order valence-electron chi connectivity index (χ1n) is 6.87. The lowest BCUT2D eigenvalue weighted by molar-refractivity contribution is -0.140. The first kappa shape index (κ1) is 15.3. The molecule has 0 saturated heterocycles. The minimum Gasteiger partial charge on any atom is -0.481 e. The number of nitrogen functional groups attached to an aromatic ring is 1. The van der Waals surface area contributed by atoms with Crippen molar-refractivity contribution in [3.05, 3.63) is 29.8 Å². The van der Waals surface area contributed by atoms with E-state index in [4.69, 9.17) is 15.6 Å². The summed E-state index contributed by atoms with van der Waals surface area (Å²) in [6.45, 7) is 0.193. The number of nitrogens with one attached hydrogen (secondary N) is 1. The lowest BCUT2D eigenvalue weighted by Crippen LogP contribution is -2.40. The van der Waals surface area contributed by atoms with Crippen LogP contribution in [-0.4, -0.2) is 36.7 Å². The van der Waals surface area contributed by atoms with Crippen molar-refractivity contribution in [1.29, 1.82) is 0 Å². The number of carboxylic acid groups (broad SMARTS) is 1. The Balaban J connectivity index is 1.96. The van der Waals surface area contributed by atoms with Crippen molar-refractivity contribution in [3.63, 3.8) is 0 Å². The van der Waals surface area contributed by atoms with Gasteiger partial charge in [0.25, 0.3) is 0 Å². The summed E-state index contributed by atoms with van der Waals surface area (Å²) in [5, 5.41) is 11.5. The standard InChI is InChI=1S/C15H20N2O4/c1-21-12(8-13(18)19)9-17-14(20)15(6-7-15)10-2-4-11(16)5-3-10/h2-5,12H,6-9,16H2,1H3,(H,17,20)(H,18,19). The Bertz CT molecular complexity index is 523. The minimum absolute atomic E-state index is 0.0836. The largest absolute Gasteiger partial charge is 0.481 e. The topological polar surface area (TPSA) is 102 Å². The van der Waals surface area contributed by atoms with Crippen molar-refractivity contribution < 1.29 is 19.4 Å². The van der Waals surface area contributed by atoms with Gasteiger partial charge in [-0.05, 0) is 30.5 Å². The first-order chi connectivity index (χ1) is 9.98. The summed E-state index contributed by atoms with van der Waals surface area (Å²) in [6, 6.07) is 7.30. The molecule has 1 aliphatic carbocycles. The number of methoxy groups -OCH3 is 1. The number of carbonyl (C=O) groups is 2. The maximum absolute atomic E-state index is 12.4. The Kier molecular flexibility index (Phi) is 4.47. The summed E-state index contributed by atoms with van der Waals surface area (Å²) in [5.41, 5.74) is 6.77. The van der Waals surface area contributed by atoms with Crippen molar-refractivity contribution >= 4 is 17.6 Å². The summed E-state index contributed by atoms with van der Waals surface area (Å²) in [5.74, 6) is -1.03. The predicted octanol–water partition coefficient (Wildman–Crippen LogP) is 0.906. The van der Waals surface area contributed by atoms with Gasteiger partial charge in [-0.15, -0.1) is 0 Å². The third kappa shape index (κ3) is 3.52. The fourth-order valence-corrected chi connectivity index (χ4v) is 2.38. The number of benzene rings is 1. The highest BCUT2D eigenvalue weighted by molar-refractivity contribution is 5.91. The van der Waals surface area contributed by atoms with E-state index >= 15 is 0 Å². The quantitative estimate of drug-likeness (QED) is 0.648. The van der Waals surface area contributed by atoms with Gasteiger partial charge in [0, 0.05) is 19.3 Å². The summed E-state index contributed by atoms with van der Waals surface area (Å²) in [6.07, 6.45) is 0.929. The molecule has 6 heteroatoms. The van der Waals surface area contributed by atoms with Crippen LogP contribution in [0.2, 0.25) is 0 Å². The fourth-order valence-electron chi connectivity index (χ4n) is 2.38. The summed E-state index contributed by atoms with van der Waals surface area (Å²) < 4.78 is 5.05.